The number of hydrogen-bond donors (Lipinski definition) is 2. The number of carbonyl (C=O) groups is 1. The second kappa shape index (κ2) is 12.1. The zero-order valence-electron chi connectivity index (χ0n) is 13.7. The average molecular weight is 308 g/mol. The Morgan fingerprint density at radius 3 is 2.36 bits per heavy atom. The molecule has 1 amide bonds. The van der Waals surface area contributed by atoms with Crippen molar-refractivity contribution >= 4 is 5.91 Å². The van der Waals surface area contributed by atoms with Gasteiger partial charge in [0.15, 0.2) is 0 Å². The molecule has 1 aromatic carbocycles. The van der Waals surface area contributed by atoms with Gasteiger partial charge < -0.3 is 20.1 Å². The first-order valence-electron chi connectivity index (χ1n) is 7.95. The van der Waals surface area contributed by atoms with Crippen LogP contribution >= 0.6 is 0 Å². The molecule has 0 fully saturated rings. The van der Waals surface area contributed by atoms with Gasteiger partial charge >= 0.3 is 0 Å². The van der Waals surface area contributed by atoms with Crippen molar-refractivity contribution in [3.8, 4) is 0 Å². The van der Waals surface area contributed by atoms with E-state index < -0.39 is 0 Å². The molecule has 124 valence electrons. The molecule has 0 aliphatic heterocycles. The van der Waals surface area contributed by atoms with Crippen LogP contribution in [0.2, 0.25) is 0 Å². The molecule has 22 heavy (non-hydrogen) atoms. The van der Waals surface area contributed by atoms with E-state index in [-0.39, 0.29) is 5.91 Å². The number of unbranched alkanes of at least 4 members (excludes halogenated alkanes) is 1. The summed E-state index contributed by atoms with van der Waals surface area (Å²) in [4.78, 5) is 11.9. The third-order valence-corrected chi connectivity index (χ3v) is 3.14. The van der Waals surface area contributed by atoms with E-state index in [1.807, 2.05) is 31.3 Å². The summed E-state index contributed by atoms with van der Waals surface area (Å²) < 4.78 is 10.8. The van der Waals surface area contributed by atoms with Gasteiger partial charge in [0, 0.05) is 25.3 Å². The zero-order valence-corrected chi connectivity index (χ0v) is 13.7. The third-order valence-electron chi connectivity index (χ3n) is 3.14. The minimum Gasteiger partial charge on any atom is -0.379 e. The maximum absolute atomic E-state index is 11.9. The van der Waals surface area contributed by atoms with Crippen LogP contribution in [-0.4, -0.2) is 45.9 Å². The fourth-order valence-electron chi connectivity index (χ4n) is 1.89. The maximum atomic E-state index is 11.9. The quantitative estimate of drug-likeness (QED) is 0.580. The number of rotatable bonds is 12. The van der Waals surface area contributed by atoms with Gasteiger partial charge in [0.05, 0.1) is 19.8 Å². The molecular weight excluding hydrogens is 280 g/mol. The lowest BCUT2D eigenvalue weighted by molar-refractivity contribution is 0.0472. The van der Waals surface area contributed by atoms with Crippen LogP contribution < -0.4 is 10.6 Å². The topological polar surface area (TPSA) is 59.6 Å². The van der Waals surface area contributed by atoms with Crippen LogP contribution in [0, 0.1) is 0 Å². The van der Waals surface area contributed by atoms with Gasteiger partial charge in [0.1, 0.15) is 0 Å². The lowest BCUT2D eigenvalue weighted by Crippen LogP contribution is -2.27. The largest absolute Gasteiger partial charge is 0.379 e. The Kier molecular flexibility index (Phi) is 10.3. The molecule has 0 heterocycles. The Morgan fingerprint density at radius 1 is 1.05 bits per heavy atom. The predicted octanol–water partition coefficient (Wildman–Crippen LogP) is 1.97. The van der Waals surface area contributed by atoms with Crippen molar-refractivity contribution in [1.29, 1.82) is 0 Å². The van der Waals surface area contributed by atoms with Gasteiger partial charge in [-0.25, -0.2) is 0 Å². The Labute approximate surface area is 133 Å². The molecule has 5 nitrogen and oxygen atoms in total. The molecule has 0 aliphatic carbocycles. The minimum absolute atomic E-state index is 0.0706. The number of ether oxygens (including phenoxy) is 2. The monoisotopic (exact) mass is 308 g/mol. The molecule has 0 spiro atoms. The lowest BCUT2D eigenvalue weighted by atomic mass is 10.1. The standard InChI is InChI=1S/C17H28N2O3/c1-3-4-10-21-12-13-22-11-9-19-17(20)16-7-5-15(6-8-16)14-18-2/h5-8,18H,3-4,9-14H2,1-2H3,(H,19,20). The van der Waals surface area contributed by atoms with Crippen molar-refractivity contribution in [3.63, 3.8) is 0 Å². The first-order chi connectivity index (χ1) is 10.8. The van der Waals surface area contributed by atoms with Crippen molar-refractivity contribution in [2.75, 3.05) is 40.0 Å². The summed E-state index contributed by atoms with van der Waals surface area (Å²) >= 11 is 0. The first kappa shape index (κ1) is 18.6. The third kappa shape index (κ3) is 8.12. The second-order valence-electron chi connectivity index (χ2n) is 5.06. The van der Waals surface area contributed by atoms with E-state index >= 15 is 0 Å². The fourth-order valence-corrected chi connectivity index (χ4v) is 1.89. The molecule has 0 aliphatic rings. The van der Waals surface area contributed by atoms with Crippen molar-refractivity contribution in [2.24, 2.45) is 0 Å². The summed E-state index contributed by atoms with van der Waals surface area (Å²) in [5, 5.41) is 5.92. The SMILES string of the molecule is CCCCOCCOCCNC(=O)c1ccc(CNC)cc1. The summed E-state index contributed by atoms with van der Waals surface area (Å²) in [6.07, 6.45) is 2.23. The Hall–Kier alpha value is -1.43. The van der Waals surface area contributed by atoms with E-state index in [1.54, 1.807) is 0 Å². The summed E-state index contributed by atoms with van der Waals surface area (Å²) in [6, 6.07) is 7.58. The van der Waals surface area contributed by atoms with E-state index in [4.69, 9.17) is 9.47 Å². The average Bonchev–Trinajstić information content (AvgIpc) is 2.54. The summed E-state index contributed by atoms with van der Waals surface area (Å²) in [5.41, 5.74) is 1.83. The highest BCUT2D eigenvalue weighted by Gasteiger charge is 2.04. The van der Waals surface area contributed by atoms with Gasteiger partial charge in [0.25, 0.3) is 5.91 Å². The van der Waals surface area contributed by atoms with Crippen LogP contribution in [0.3, 0.4) is 0 Å². The van der Waals surface area contributed by atoms with Gasteiger partial charge in [-0.05, 0) is 31.2 Å². The highest BCUT2D eigenvalue weighted by atomic mass is 16.5. The van der Waals surface area contributed by atoms with E-state index in [9.17, 15) is 4.79 Å². The van der Waals surface area contributed by atoms with Gasteiger partial charge in [-0.2, -0.15) is 0 Å². The van der Waals surface area contributed by atoms with Crippen molar-refractivity contribution in [3.05, 3.63) is 35.4 Å². The Balaban J connectivity index is 2.08. The highest BCUT2D eigenvalue weighted by Crippen LogP contribution is 2.04. The molecule has 0 atom stereocenters. The van der Waals surface area contributed by atoms with Crippen molar-refractivity contribution < 1.29 is 14.3 Å². The number of benzene rings is 1. The fraction of sp³-hybridized carbons (Fsp3) is 0.588. The van der Waals surface area contributed by atoms with Gasteiger partial charge in [-0.1, -0.05) is 25.5 Å². The van der Waals surface area contributed by atoms with E-state index in [0.717, 1.165) is 31.6 Å². The highest BCUT2D eigenvalue weighted by molar-refractivity contribution is 5.94. The van der Waals surface area contributed by atoms with Crippen molar-refractivity contribution in [2.45, 2.75) is 26.3 Å². The molecule has 2 N–H and O–H groups in total. The van der Waals surface area contributed by atoms with E-state index in [1.165, 1.54) is 0 Å². The molecule has 1 aromatic rings. The van der Waals surface area contributed by atoms with Crippen LogP contribution in [0.1, 0.15) is 35.7 Å². The normalized spacial score (nSPS) is 10.6. The Bertz CT molecular complexity index is 407. The summed E-state index contributed by atoms with van der Waals surface area (Å²) in [5.74, 6) is -0.0706. The molecule has 0 saturated heterocycles. The minimum atomic E-state index is -0.0706. The molecule has 1 rings (SSSR count). The molecule has 5 heteroatoms. The van der Waals surface area contributed by atoms with E-state index in [0.29, 0.717) is 31.9 Å². The van der Waals surface area contributed by atoms with Gasteiger partial charge in [-0.3, -0.25) is 4.79 Å². The molecule has 0 aromatic heterocycles. The van der Waals surface area contributed by atoms with Gasteiger partial charge in [0.2, 0.25) is 0 Å². The number of amides is 1. The van der Waals surface area contributed by atoms with Crippen LogP contribution in [0.4, 0.5) is 0 Å². The smallest absolute Gasteiger partial charge is 0.251 e. The number of nitrogens with one attached hydrogen (secondary N) is 2. The molecule has 0 radical (unpaired) electrons. The van der Waals surface area contributed by atoms with Crippen molar-refractivity contribution in [1.82, 2.24) is 10.6 Å². The van der Waals surface area contributed by atoms with Gasteiger partial charge in [-0.15, -0.1) is 0 Å². The number of carbonyl (C=O) groups excluding carboxylic acids is 1. The van der Waals surface area contributed by atoms with Crippen LogP contribution in [0.25, 0.3) is 0 Å². The molecule has 0 bridgehead atoms. The Morgan fingerprint density at radius 2 is 1.73 bits per heavy atom. The first-order valence-corrected chi connectivity index (χ1v) is 7.95. The second-order valence-corrected chi connectivity index (χ2v) is 5.06. The summed E-state index contributed by atoms with van der Waals surface area (Å²) in [7, 11) is 1.90. The molecular formula is C17H28N2O3. The zero-order chi connectivity index (χ0) is 16.0. The number of hydrogen-bond acceptors (Lipinski definition) is 4. The van der Waals surface area contributed by atoms with E-state index in [2.05, 4.69) is 17.6 Å². The maximum Gasteiger partial charge on any atom is 0.251 e. The predicted molar refractivity (Wildman–Crippen MR) is 88.1 cm³/mol. The summed E-state index contributed by atoms with van der Waals surface area (Å²) in [6.45, 7) is 5.92. The molecule has 0 unspecified atom stereocenters. The van der Waals surface area contributed by atoms with Crippen LogP contribution in [0.15, 0.2) is 24.3 Å². The lowest BCUT2D eigenvalue weighted by Gasteiger charge is -2.08. The molecule has 0 saturated carbocycles. The van der Waals surface area contributed by atoms with Crippen LogP contribution in [-0.2, 0) is 16.0 Å². The van der Waals surface area contributed by atoms with Crippen LogP contribution in [0.5, 0.6) is 0 Å².